The lowest BCUT2D eigenvalue weighted by molar-refractivity contribution is 0.0948. The lowest BCUT2D eigenvalue weighted by atomic mass is 10.0. The Bertz CT molecular complexity index is 523. The third kappa shape index (κ3) is 5.01. The van der Waals surface area contributed by atoms with Crippen molar-refractivity contribution in [3.05, 3.63) is 33.4 Å². The Morgan fingerprint density at radius 2 is 2.14 bits per heavy atom. The van der Waals surface area contributed by atoms with E-state index in [1.807, 2.05) is 6.92 Å². The highest BCUT2D eigenvalue weighted by Gasteiger charge is 2.18. The number of rotatable bonds is 8. The van der Waals surface area contributed by atoms with Crippen LogP contribution in [0, 0.1) is 6.92 Å². The average Bonchev–Trinajstić information content (AvgIpc) is 2.43. The first-order valence-electron chi connectivity index (χ1n) is 7.64. The van der Waals surface area contributed by atoms with E-state index >= 15 is 0 Å². The molecule has 1 heterocycles. The monoisotopic (exact) mass is 294 g/mol. The molecule has 1 aromatic rings. The number of carbonyl (C=O) groups is 1. The van der Waals surface area contributed by atoms with Crippen LogP contribution in [0.5, 0.6) is 0 Å². The second-order valence-electron chi connectivity index (χ2n) is 5.44. The molecule has 0 bridgehead atoms. The lowest BCUT2D eigenvalue weighted by Crippen LogP contribution is -2.30. The van der Waals surface area contributed by atoms with Gasteiger partial charge in [-0.2, -0.15) is 0 Å². The maximum absolute atomic E-state index is 12.1. The van der Waals surface area contributed by atoms with Gasteiger partial charge in [0.2, 0.25) is 0 Å². The van der Waals surface area contributed by atoms with Crippen LogP contribution in [0.15, 0.2) is 15.3 Å². The van der Waals surface area contributed by atoms with Crippen molar-refractivity contribution >= 4 is 5.91 Å². The first-order valence-corrected chi connectivity index (χ1v) is 7.64. The first-order chi connectivity index (χ1) is 10.0. The Morgan fingerprint density at radius 3 is 2.71 bits per heavy atom. The molecule has 5 nitrogen and oxygen atoms in total. The van der Waals surface area contributed by atoms with Crippen molar-refractivity contribution in [2.45, 2.75) is 52.4 Å². The summed E-state index contributed by atoms with van der Waals surface area (Å²) in [5, 5.41) is 2.73. The minimum Gasteiger partial charge on any atom is -0.427 e. The van der Waals surface area contributed by atoms with Crippen LogP contribution in [0.1, 0.15) is 67.1 Å². The van der Waals surface area contributed by atoms with Crippen molar-refractivity contribution in [3.8, 4) is 0 Å². The average molecular weight is 294 g/mol. The van der Waals surface area contributed by atoms with Crippen LogP contribution in [-0.4, -0.2) is 19.0 Å². The van der Waals surface area contributed by atoms with Crippen molar-refractivity contribution in [1.29, 1.82) is 0 Å². The fourth-order valence-corrected chi connectivity index (χ4v) is 2.28. The molecule has 0 radical (unpaired) electrons. The quantitative estimate of drug-likeness (QED) is 0.720. The van der Waals surface area contributed by atoms with Gasteiger partial charge in [-0.1, -0.05) is 20.3 Å². The van der Waals surface area contributed by atoms with E-state index in [9.17, 15) is 9.59 Å². The molecule has 0 aliphatic heterocycles. The Balaban J connectivity index is 2.84. The summed E-state index contributed by atoms with van der Waals surface area (Å²) in [5.41, 5.74) is 5.62. The molecule has 118 valence electrons. The topological polar surface area (TPSA) is 85.3 Å². The van der Waals surface area contributed by atoms with Crippen molar-refractivity contribution in [3.63, 3.8) is 0 Å². The molecule has 1 atom stereocenters. The number of hydrogen-bond acceptors (Lipinski definition) is 4. The molecule has 1 amide bonds. The summed E-state index contributed by atoms with van der Waals surface area (Å²) in [6.07, 6.45) is 3.62. The maximum Gasteiger partial charge on any atom is 0.349 e. The van der Waals surface area contributed by atoms with Crippen molar-refractivity contribution in [2.75, 3.05) is 13.1 Å². The van der Waals surface area contributed by atoms with Crippen molar-refractivity contribution in [1.82, 2.24) is 5.32 Å². The number of nitrogens with two attached hydrogens (primary N) is 1. The third-order valence-corrected chi connectivity index (χ3v) is 3.52. The highest BCUT2D eigenvalue weighted by atomic mass is 16.4. The number of nitrogens with one attached hydrogen (secondary N) is 1. The molecule has 0 saturated heterocycles. The van der Waals surface area contributed by atoms with Gasteiger partial charge in [0.25, 0.3) is 5.91 Å². The number of hydrogen-bond donors (Lipinski definition) is 2. The smallest absolute Gasteiger partial charge is 0.349 e. The standard InChI is InChI=1S/C16H26N2O3/c1-4-7-11(2)13-10-12(3)14(16(20)21-13)15(19)18-9-6-5-8-17/h10-11H,4-9,17H2,1-3H3,(H,18,19). The number of aryl methyl sites for hydroxylation is 1. The first kappa shape index (κ1) is 17.4. The minimum absolute atomic E-state index is 0.107. The van der Waals surface area contributed by atoms with Crippen molar-refractivity contribution in [2.24, 2.45) is 5.73 Å². The zero-order chi connectivity index (χ0) is 15.8. The summed E-state index contributed by atoms with van der Waals surface area (Å²) in [5.74, 6) is 0.468. The van der Waals surface area contributed by atoms with E-state index in [0.29, 0.717) is 24.4 Å². The highest BCUT2D eigenvalue weighted by molar-refractivity contribution is 5.95. The van der Waals surface area contributed by atoms with Crippen molar-refractivity contribution < 1.29 is 9.21 Å². The second kappa shape index (κ2) is 8.62. The van der Waals surface area contributed by atoms with Crippen LogP contribution in [0.3, 0.4) is 0 Å². The molecule has 1 unspecified atom stereocenters. The van der Waals surface area contributed by atoms with E-state index in [0.717, 1.165) is 25.7 Å². The second-order valence-corrected chi connectivity index (χ2v) is 5.44. The fraction of sp³-hybridized carbons (Fsp3) is 0.625. The van der Waals surface area contributed by atoms with E-state index in [-0.39, 0.29) is 17.4 Å². The minimum atomic E-state index is -0.552. The van der Waals surface area contributed by atoms with Gasteiger partial charge in [-0.15, -0.1) is 0 Å². The van der Waals surface area contributed by atoms with Crippen LogP contribution >= 0.6 is 0 Å². The van der Waals surface area contributed by atoms with Crippen LogP contribution in [0.4, 0.5) is 0 Å². The highest BCUT2D eigenvalue weighted by Crippen LogP contribution is 2.21. The van der Waals surface area contributed by atoms with E-state index in [2.05, 4.69) is 12.2 Å². The van der Waals surface area contributed by atoms with Gasteiger partial charge in [0.05, 0.1) is 0 Å². The predicted molar refractivity (Wildman–Crippen MR) is 83.7 cm³/mol. The van der Waals surface area contributed by atoms with E-state index in [1.54, 1.807) is 13.0 Å². The molecular weight excluding hydrogens is 268 g/mol. The van der Waals surface area contributed by atoms with Gasteiger partial charge in [-0.25, -0.2) is 4.79 Å². The van der Waals surface area contributed by atoms with E-state index in [1.165, 1.54) is 0 Å². The molecule has 0 fully saturated rings. The van der Waals surface area contributed by atoms with E-state index in [4.69, 9.17) is 10.2 Å². The summed E-state index contributed by atoms with van der Waals surface area (Å²) in [6, 6.07) is 1.80. The molecule has 3 N–H and O–H groups in total. The summed E-state index contributed by atoms with van der Waals surface area (Å²) in [7, 11) is 0. The Kier molecular flexibility index (Phi) is 7.15. The summed E-state index contributed by atoms with van der Waals surface area (Å²) in [6.45, 7) is 7.00. The molecule has 21 heavy (non-hydrogen) atoms. The van der Waals surface area contributed by atoms with Crippen LogP contribution in [-0.2, 0) is 0 Å². The summed E-state index contributed by atoms with van der Waals surface area (Å²) in [4.78, 5) is 24.1. The Morgan fingerprint density at radius 1 is 1.43 bits per heavy atom. The lowest BCUT2D eigenvalue weighted by Gasteiger charge is -2.11. The van der Waals surface area contributed by atoms with Gasteiger partial charge in [-0.3, -0.25) is 4.79 Å². The molecule has 0 spiro atoms. The van der Waals surface area contributed by atoms with Crippen LogP contribution < -0.4 is 16.7 Å². The van der Waals surface area contributed by atoms with Gasteiger partial charge < -0.3 is 15.5 Å². The van der Waals surface area contributed by atoms with Gasteiger partial charge in [-0.05, 0) is 44.4 Å². The number of carbonyl (C=O) groups excluding carboxylic acids is 1. The molecule has 1 rings (SSSR count). The predicted octanol–water partition coefficient (Wildman–Crippen LogP) is 2.32. The SMILES string of the molecule is CCCC(C)c1cc(C)c(C(=O)NCCCCN)c(=O)o1. The maximum atomic E-state index is 12.1. The molecule has 0 aromatic carbocycles. The fourth-order valence-electron chi connectivity index (χ4n) is 2.28. The summed E-state index contributed by atoms with van der Waals surface area (Å²) < 4.78 is 5.32. The zero-order valence-corrected chi connectivity index (χ0v) is 13.2. The largest absolute Gasteiger partial charge is 0.427 e. The Hall–Kier alpha value is -1.62. The molecule has 5 heteroatoms. The van der Waals surface area contributed by atoms with Gasteiger partial charge in [0.15, 0.2) is 0 Å². The van der Waals surface area contributed by atoms with Gasteiger partial charge in [0, 0.05) is 12.5 Å². The van der Waals surface area contributed by atoms with Gasteiger partial charge in [0.1, 0.15) is 11.3 Å². The van der Waals surface area contributed by atoms with Gasteiger partial charge >= 0.3 is 5.63 Å². The van der Waals surface area contributed by atoms with Crippen LogP contribution in [0.2, 0.25) is 0 Å². The Labute approximate surface area is 125 Å². The summed E-state index contributed by atoms with van der Waals surface area (Å²) >= 11 is 0. The molecule has 1 aromatic heterocycles. The molecule has 0 aliphatic rings. The normalized spacial score (nSPS) is 12.2. The number of amides is 1. The molecule has 0 aliphatic carbocycles. The third-order valence-electron chi connectivity index (χ3n) is 3.52. The van der Waals surface area contributed by atoms with Crippen LogP contribution in [0.25, 0.3) is 0 Å². The molecule has 0 saturated carbocycles. The van der Waals surface area contributed by atoms with E-state index < -0.39 is 5.63 Å². The zero-order valence-electron chi connectivity index (χ0n) is 13.2. The molecular formula is C16H26N2O3. The number of unbranched alkanes of at least 4 members (excludes halogenated alkanes) is 1.